The van der Waals surface area contributed by atoms with Crippen LogP contribution in [0.3, 0.4) is 0 Å². The molecule has 5 heteroatoms. The van der Waals surface area contributed by atoms with Crippen molar-refractivity contribution in [1.82, 2.24) is 4.90 Å². The molecule has 1 rings (SSSR count). The van der Waals surface area contributed by atoms with E-state index >= 15 is 0 Å². The zero-order chi connectivity index (χ0) is 14.4. The predicted molar refractivity (Wildman–Crippen MR) is 72.7 cm³/mol. The summed E-state index contributed by atoms with van der Waals surface area (Å²) < 4.78 is 10.4. The van der Waals surface area contributed by atoms with E-state index in [0.717, 1.165) is 11.1 Å². The van der Waals surface area contributed by atoms with E-state index < -0.39 is 0 Å². The first kappa shape index (κ1) is 15.3. The van der Waals surface area contributed by atoms with Crippen molar-refractivity contribution < 1.29 is 19.4 Å². The van der Waals surface area contributed by atoms with Gasteiger partial charge in [-0.3, -0.25) is 4.79 Å². The van der Waals surface area contributed by atoms with Gasteiger partial charge in [-0.25, -0.2) is 0 Å². The molecule has 0 saturated heterocycles. The molecular weight excluding hydrogens is 246 g/mol. The average Bonchev–Trinajstić information content (AvgIpc) is 2.40. The molecule has 0 heterocycles. The molecule has 0 unspecified atom stereocenters. The monoisotopic (exact) mass is 267 g/mol. The molecule has 0 saturated carbocycles. The summed E-state index contributed by atoms with van der Waals surface area (Å²) in [5.74, 6) is 1.23. The van der Waals surface area contributed by atoms with Crippen LogP contribution in [0, 0.1) is 6.92 Å². The molecule has 0 bridgehead atoms. The van der Waals surface area contributed by atoms with Crippen LogP contribution >= 0.6 is 0 Å². The highest BCUT2D eigenvalue weighted by molar-refractivity contribution is 5.79. The molecule has 1 aromatic rings. The summed E-state index contributed by atoms with van der Waals surface area (Å²) in [5, 5.41) is 8.83. The molecule has 1 amide bonds. The SMILES string of the molecule is COc1cc(C)c(CC(=O)N(C)CCO)cc1OC. The van der Waals surface area contributed by atoms with Crippen molar-refractivity contribution in [3.63, 3.8) is 0 Å². The quantitative estimate of drug-likeness (QED) is 0.835. The number of aliphatic hydroxyl groups is 1. The number of aliphatic hydroxyl groups excluding tert-OH is 1. The van der Waals surface area contributed by atoms with E-state index in [4.69, 9.17) is 14.6 Å². The van der Waals surface area contributed by atoms with Gasteiger partial charge in [0.2, 0.25) is 5.91 Å². The molecule has 19 heavy (non-hydrogen) atoms. The maximum Gasteiger partial charge on any atom is 0.226 e. The van der Waals surface area contributed by atoms with Gasteiger partial charge in [0.25, 0.3) is 0 Å². The fourth-order valence-electron chi connectivity index (χ4n) is 1.79. The minimum atomic E-state index is -0.0376. The van der Waals surface area contributed by atoms with Crippen molar-refractivity contribution in [3.05, 3.63) is 23.3 Å². The smallest absolute Gasteiger partial charge is 0.226 e. The Morgan fingerprint density at radius 1 is 1.26 bits per heavy atom. The molecule has 1 N–H and O–H groups in total. The maximum absolute atomic E-state index is 12.0. The molecule has 1 aromatic carbocycles. The van der Waals surface area contributed by atoms with Crippen LogP contribution in [0.5, 0.6) is 11.5 Å². The van der Waals surface area contributed by atoms with E-state index in [2.05, 4.69) is 0 Å². The first-order valence-electron chi connectivity index (χ1n) is 6.09. The Bertz CT molecular complexity index is 445. The van der Waals surface area contributed by atoms with Crippen molar-refractivity contribution in [2.75, 3.05) is 34.4 Å². The Hall–Kier alpha value is -1.75. The van der Waals surface area contributed by atoms with E-state index in [0.29, 0.717) is 18.0 Å². The van der Waals surface area contributed by atoms with Crippen molar-refractivity contribution in [2.45, 2.75) is 13.3 Å². The summed E-state index contributed by atoms with van der Waals surface area (Å²) in [6.07, 6.45) is 0.280. The van der Waals surface area contributed by atoms with Crippen LogP contribution in [0.1, 0.15) is 11.1 Å². The third-order valence-corrected chi connectivity index (χ3v) is 3.04. The second-order valence-corrected chi connectivity index (χ2v) is 4.35. The Labute approximate surface area is 113 Å². The fraction of sp³-hybridized carbons (Fsp3) is 0.500. The van der Waals surface area contributed by atoms with Gasteiger partial charge in [-0.1, -0.05) is 0 Å². The van der Waals surface area contributed by atoms with Crippen LogP contribution in [0.2, 0.25) is 0 Å². The zero-order valence-electron chi connectivity index (χ0n) is 11.9. The molecule has 0 radical (unpaired) electrons. The first-order valence-corrected chi connectivity index (χ1v) is 6.09. The molecular formula is C14H21NO4. The van der Waals surface area contributed by atoms with Crippen molar-refractivity contribution in [1.29, 1.82) is 0 Å². The Kier molecular flexibility index (Phi) is 5.63. The van der Waals surface area contributed by atoms with Gasteiger partial charge >= 0.3 is 0 Å². The van der Waals surface area contributed by atoms with Gasteiger partial charge in [0.15, 0.2) is 11.5 Å². The molecule has 0 atom stereocenters. The number of carbonyl (C=O) groups is 1. The molecule has 0 spiro atoms. The number of likely N-dealkylation sites (N-methyl/N-ethyl adjacent to an activating group) is 1. The lowest BCUT2D eigenvalue weighted by Crippen LogP contribution is -2.30. The van der Waals surface area contributed by atoms with Crippen LogP contribution in [0.4, 0.5) is 0 Å². The lowest BCUT2D eigenvalue weighted by molar-refractivity contribution is -0.129. The predicted octanol–water partition coefficient (Wildman–Crippen LogP) is 1.01. The number of ether oxygens (including phenoxy) is 2. The lowest BCUT2D eigenvalue weighted by Gasteiger charge is -2.17. The molecule has 5 nitrogen and oxygen atoms in total. The van der Waals surface area contributed by atoms with Gasteiger partial charge in [-0.2, -0.15) is 0 Å². The van der Waals surface area contributed by atoms with Gasteiger partial charge in [-0.05, 0) is 30.2 Å². The van der Waals surface area contributed by atoms with E-state index in [1.165, 1.54) is 4.90 Å². The molecule has 106 valence electrons. The minimum Gasteiger partial charge on any atom is -0.493 e. The highest BCUT2D eigenvalue weighted by atomic mass is 16.5. The Morgan fingerprint density at radius 2 is 1.84 bits per heavy atom. The molecule has 0 aromatic heterocycles. The third kappa shape index (κ3) is 3.86. The van der Waals surface area contributed by atoms with Gasteiger partial charge in [0, 0.05) is 13.6 Å². The third-order valence-electron chi connectivity index (χ3n) is 3.04. The van der Waals surface area contributed by atoms with E-state index in [1.807, 2.05) is 19.1 Å². The molecule has 0 aliphatic rings. The van der Waals surface area contributed by atoms with Gasteiger partial charge in [0.05, 0.1) is 27.2 Å². The first-order chi connectivity index (χ1) is 9.03. The summed E-state index contributed by atoms with van der Waals surface area (Å²) in [4.78, 5) is 13.5. The zero-order valence-corrected chi connectivity index (χ0v) is 11.9. The number of carbonyl (C=O) groups excluding carboxylic acids is 1. The summed E-state index contributed by atoms with van der Waals surface area (Å²) in [6.45, 7) is 2.23. The van der Waals surface area contributed by atoms with E-state index in [-0.39, 0.29) is 18.9 Å². The average molecular weight is 267 g/mol. The van der Waals surface area contributed by atoms with Crippen LogP contribution in [-0.2, 0) is 11.2 Å². The van der Waals surface area contributed by atoms with Crippen LogP contribution in [0.25, 0.3) is 0 Å². The topological polar surface area (TPSA) is 59.0 Å². The fourth-order valence-corrected chi connectivity index (χ4v) is 1.79. The van der Waals surface area contributed by atoms with Crippen molar-refractivity contribution in [2.24, 2.45) is 0 Å². The van der Waals surface area contributed by atoms with E-state index in [9.17, 15) is 4.79 Å². The number of aryl methyl sites for hydroxylation is 1. The maximum atomic E-state index is 12.0. The van der Waals surface area contributed by atoms with E-state index in [1.54, 1.807) is 21.3 Å². The van der Waals surface area contributed by atoms with Gasteiger partial charge in [-0.15, -0.1) is 0 Å². The molecule has 0 fully saturated rings. The lowest BCUT2D eigenvalue weighted by atomic mass is 10.0. The summed E-state index contributed by atoms with van der Waals surface area (Å²) in [7, 11) is 4.82. The van der Waals surface area contributed by atoms with Gasteiger partial charge < -0.3 is 19.5 Å². The Morgan fingerprint density at radius 3 is 2.37 bits per heavy atom. The summed E-state index contributed by atoms with van der Waals surface area (Å²) in [5.41, 5.74) is 1.87. The largest absolute Gasteiger partial charge is 0.493 e. The van der Waals surface area contributed by atoms with Crippen molar-refractivity contribution in [3.8, 4) is 11.5 Å². The van der Waals surface area contributed by atoms with Gasteiger partial charge in [0.1, 0.15) is 0 Å². The van der Waals surface area contributed by atoms with Crippen LogP contribution < -0.4 is 9.47 Å². The van der Waals surface area contributed by atoms with Crippen LogP contribution in [0.15, 0.2) is 12.1 Å². The highest BCUT2D eigenvalue weighted by Crippen LogP contribution is 2.30. The standard InChI is InChI=1S/C14H21NO4/c1-10-7-12(18-3)13(19-4)8-11(10)9-14(17)15(2)5-6-16/h7-8,16H,5-6,9H2,1-4H3. The number of rotatable bonds is 6. The number of nitrogens with zero attached hydrogens (tertiary/aromatic N) is 1. The van der Waals surface area contributed by atoms with Crippen LogP contribution in [-0.4, -0.2) is 50.3 Å². The number of amides is 1. The van der Waals surface area contributed by atoms with Crippen molar-refractivity contribution >= 4 is 5.91 Å². The molecule has 0 aliphatic carbocycles. The summed E-state index contributed by atoms with van der Waals surface area (Å²) in [6, 6.07) is 3.67. The number of hydrogen-bond donors (Lipinski definition) is 1. The Balaban J connectivity index is 2.92. The second kappa shape index (κ2) is 6.99. The number of hydrogen-bond acceptors (Lipinski definition) is 4. The number of methoxy groups -OCH3 is 2. The highest BCUT2D eigenvalue weighted by Gasteiger charge is 2.14. The molecule has 0 aliphatic heterocycles. The number of benzene rings is 1. The summed E-state index contributed by atoms with van der Waals surface area (Å²) >= 11 is 0. The minimum absolute atomic E-state index is 0.0346. The second-order valence-electron chi connectivity index (χ2n) is 4.35. The normalized spacial score (nSPS) is 10.2.